The van der Waals surface area contributed by atoms with E-state index in [4.69, 9.17) is 0 Å². The van der Waals surface area contributed by atoms with Gasteiger partial charge in [0.25, 0.3) is 5.56 Å². The molecule has 0 unspecified atom stereocenters. The van der Waals surface area contributed by atoms with Gasteiger partial charge < -0.3 is 4.98 Å². The Morgan fingerprint density at radius 3 is 2.61 bits per heavy atom. The second kappa shape index (κ2) is 4.91. The van der Waals surface area contributed by atoms with Gasteiger partial charge in [0.15, 0.2) is 5.78 Å². The number of ketones is 1. The third kappa shape index (κ3) is 2.05. The second-order valence-corrected chi connectivity index (χ2v) is 5.41. The average molecular weight is 303 g/mol. The zero-order valence-electron chi connectivity index (χ0n) is 12.4. The number of imidazole rings is 1. The van der Waals surface area contributed by atoms with E-state index in [1.54, 1.807) is 28.8 Å². The van der Waals surface area contributed by atoms with Crippen molar-refractivity contribution in [3.8, 4) is 11.4 Å². The lowest BCUT2D eigenvalue weighted by Crippen LogP contribution is -2.10. The van der Waals surface area contributed by atoms with E-state index in [9.17, 15) is 9.59 Å². The Balaban J connectivity index is 2.17. The van der Waals surface area contributed by atoms with E-state index in [1.165, 1.54) is 6.92 Å². The van der Waals surface area contributed by atoms with Crippen LogP contribution in [0, 0.1) is 0 Å². The molecule has 5 heteroatoms. The third-order valence-electron chi connectivity index (χ3n) is 3.92. The Kier molecular flexibility index (Phi) is 2.87. The van der Waals surface area contributed by atoms with Crippen molar-refractivity contribution in [3.05, 3.63) is 70.6 Å². The van der Waals surface area contributed by atoms with Crippen molar-refractivity contribution in [3.63, 3.8) is 0 Å². The Morgan fingerprint density at radius 1 is 1.09 bits per heavy atom. The molecule has 4 aromatic rings. The highest BCUT2D eigenvalue weighted by Crippen LogP contribution is 2.23. The molecule has 0 radical (unpaired) electrons. The number of hydrogen-bond donors (Lipinski definition) is 1. The molecule has 2 aromatic heterocycles. The topological polar surface area (TPSA) is 67.2 Å². The molecule has 0 aliphatic heterocycles. The van der Waals surface area contributed by atoms with Gasteiger partial charge in [-0.2, -0.15) is 0 Å². The van der Waals surface area contributed by atoms with Gasteiger partial charge >= 0.3 is 0 Å². The Hall–Kier alpha value is -3.21. The van der Waals surface area contributed by atoms with Crippen LogP contribution in [-0.2, 0) is 0 Å². The zero-order valence-corrected chi connectivity index (χ0v) is 12.4. The summed E-state index contributed by atoms with van der Waals surface area (Å²) in [6, 6.07) is 14.9. The molecule has 0 bridgehead atoms. The minimum Gasteiger partial charge on any atom is -0.319 e. The molecule has 1 N–H and O–H groups in total. The van der Waals surface area contributed by atoms with E-state index in [-0.39, 0.29) is 11.3 Å². The number of nitrogens with zero attached hydrogens (tertiary/aromatic N) is 2. The molecule has 2 aromatic carbocycles. The van der Waals surface area contributed by atoms with Gasteiger partial charge in [0.1, 0.15) is 11.3 Å². The number of nitrogens with one attached hydrogen (secondary N) is 1. The van der Waals surface area contributed by atoms with Crippen molar-refractivity contribution in [1.29, 1.82) is 0 Å². The summed E-state index contributed by atoms with van der Waals surface area (Å²) in [4.78, 5) is 31.2. The van der Waals surface area contributed by atoms with Gasteiger partial charge in [-0.3, -0.25) is 14.0 Å². The van der Waals surface area contributed by atoms with Gasteiger partial charge in [-0.1, -0.05) is 30.3 Å². The van der Waals surface area contributed by atoms with Crippen molar-refractivity contribution in [2.45, 2.75) is 6.92 Å². The largest absolute Gasteiger partial charge is 0.319 e. The molecule has 5 nitrogen and oxygen atoms in total. The molecule has 0 aliphatic carbocycles. The van der Waals surface area contributed by atoms with Crippen LogP contribution in [0.25, 0.3) is 27.9 Å². The molecule has 0 amide bonds. The molecule has 112 valence electrons. The SMILES string of the molecule is CC(=O)c1ccc2[nH]c(=O)c3cnc(-c4ccccc4)n3c2c1. The van der Waals surface area contributed by atoms with Gasteiger partial charge in [-0.05, 0) is 25.1 Å². The quantitative estimate of drug-likeness (QED) is 0.579. The molecule has 2 heterocycles. The molecule has 0 aliphatic rings. The van der Waals surface area contributed by atoms with Crippen molar-refractivity contribution in [1.82, 2.24) is 14.4 Å². The normalized spacial score (nSPS) is 11.2. The molecular formula is C18H13N3O2. The fourth-order valence-electron chi connectivity index (χ4n) is 2.77. The van der Waals surface area contributed by atoms with E-state index in [0.29, 0.717) is 22.4 Å². The van der Waals surface area contributed by atoms with Gasteiger partial charge in [-0.25, -0.2) is 4.98 Å². The highest BCUT2D eigenvalue weighted by atomic mass is 16.1. The van der Waals surface area contributed by atoms with Crippen LogP contribution >= 0.6 is 0 Å². The molecule has 0 saturated heterocycles. The number of carbonyl (C=O) groups excluding carboxylic acids is 1. The standard InChI is InChI=1S/C18H13N3O2/c1-11(22)13-7-8-14-15(9-13)21-16(18(23)20-14)10-19-17(21)12-5-3-2-4-6-12/h2-10H,1H3,(H,20,23). The summed E-state index contributed by atoms with van der Waals surface area (Å²) in [7, 11) is 0. The Morgan fingerprint density at radius 2 is 1.87 bits per heavy atom. The molecule has 4 rings (SSSR count). The minimum absolute atomic E-state index is 0.0207. The highest BCUT2D eigenvalue weighted by Gasteiger charge is 2.13. The fourth-order valence-corrected chi connectivity index (χ4v) is 2.77. The van der Waals surface area contributed by atoms with E-state index in [1.807, 2.05) is 30.3 Å². The number of H-pyrrole nitrogens is 1. The highest BCUT2D eigenvalue weighted by molar-refractivity contribution is 5.97. The van der Waals surface area contributed by atoms with Crippen LogP contribution in [0.2, 0.25) is 0 Å². The lowest BCUT2D eigenvalue weighted by molar-refractivity contribution is 0.101. The van der Waals surface area contributed by atoms with Gasteiger partial charge in [0.05, 0.1) is 17.2 Å². The van der Waals surface area contributed by atoms with E-state index in [2.05, 4.69) is 9.97 Å². The summed E-state index contributed by atoms with van der Waals surface area (Å²) in [6.07, 6.45) is 1.56. The van der Waals surface area contributed by atoms with Crippen molar-refractivity contribution in [2.24, 2.45) is 0 Å². The number of rotatable bonds is 2. The zero-order chi connectivity index (χ0) is 16.0. The summed E-state index contributed by atoms with van der Waals surface area (Å²) in [5.74, 6) is 0.657. The summed E-state index contributed by atoms with van der Waals surface area (Å²) >= 11 is 0. The van der Waals surface area contributed by atoms with Crippen LogP contribution in [0.1, 0.15) is 17.3 Å². The van der Waals surface area contributed by atoms with Gasteiger partial charge in [0.2, 0.25) is 0 Å². The third-order valence-corrected chi connectivity index (χ3v) is 3.92. The van der Waals surface area contributed by atoms with Crippen LogP contribution in [0.4, 0.5) is 0 Å². The summed E-state index contributed by atoms with van der Waals surface area (Å²) in [5.41, 5.74) is 3.18. The lowest BCUT2D eigenvalue weighted by atomic mass is 10.1. The summed E-state index contributed by atoms with van der Waals surface area (Å²) in [6.45, 7) is 1.52. The second-order valence-electron chi connectivity index (χ2n) is 5.41. The predicted molar refractivity (Wildman–Crippen MR) is 88.8 cm³/mol. The van der Waals surface area contributed by atoms with Crippen LogP contribution in [-0.4, -0.2) is 20.2 Å². The predicted octanol–water partition coefficient (Wildman–Crippen LogP) is 3.05. The number of fused-ring (bicyclic) bond motifs is 3. The van der Waals surface area contributed by atoms with Crippen LogP contribution in [0.15, 0.2) is 59.5 Å². The average Bonchev–Trinajstić information content (AvgIpc) is 3.01. The summed E-state index contributed by atoms with van der Waals surface area (Å²) in [5, 5.41) is 0. The fraction of sp³-hybridized carbons (Fsp3) is 0.0556. The van der Waals surface area contributed by atoms with Crippen LogP contribution in [0.3, 0.4) is 0 Å². The molecular weight excluding hydrogens is 290 g/mol. The number of carbonyl (C=O) groups is 1. The van der Waals surface area contributed by atoms with Crippen LogP contribution < -0.4 is 5.56 Å². The van der Waals surface area contributed by atoms with E-state index in [0.717, 1.165) is 11.1 Å². The number of Topliss-reactive ketones (excluding diaryl/α,β-unsaturated/α-hetero) is 1. The maximum Gasteiger partial charge on any atom is 0.274 e. The van der Waals surface area contributed by atoms with Gasteiger partial charge in [-0.15, -0.1) is 0 Å². The molecule has 23 heavy (non-hydrogen) atoms. The molecule has 0 fully saturated rings. The first-order chi connectivity index (χ1) is 11.1. The maximum atomic E-state index is 12.3. The van der Waals surface area contributed by atoms with Crippen molar-refractivity contribution in [2.75, 3.05) is 0 Å². The monoisotopic (exact) mass is 303 g/mol. The van der Waals surface area contributed by atoms with Crippen LogP contribution in [0.5, 0.6) is 0 Å². The summed E-state index contributed by atoms with van der Waals surface area (Å²) < 4.78 is 1.80. The molecule has 0 saturated carbocycles. The van der Waals surface area contributed by atoms with Gasteiger partial charge in [0, 0.05) is 11.1 Å². The smallest absolute Gasteiger partial charge is 0.274 e. The number of aromatic nitrogens is 3. The molecule has 0 atom stereocenters. The maximum absolute atomic E-state index is 12.3. The van der Waals surface area contributed by atoms with Crippen molar-refractivity contribution < 1.29 is 4.79 Å². The first-order valence-electron chi connectivity index (χ1n) is 7.25. The Bertz CT molecular complexity index is 1110. The number of benzene rings is 2. The lowest BCUT2D eigenvalue weighted by Gasteiger charge is -2.07. The first-order valence-corrected chi connectivity index (χ1v) is 7.25. The van der Waals surface area contributed by atoms with E-state index >= 15 is 0 Å². The first kappa shape index (κ1) is 13.5. The Labute approximate surface area is 131 Å². The number of hydrogen-bond acceptors (Lipinski definition) is 3. The number of aromatic amines is 1. The minimum atomic E-state index is -0.206. The van der Waals surface area contributed by atoms with E-state index < -0.39 is 0 Å². The van der Waals surface area contributed by atoms with Crippen molar-refractivity contribution >= 4 is 22.3 Å². The molecule has 0 spiro atoms.